The predicted molar refractivity (Wildman–Crippen MR) is 211 cm³/mol. The Morgan fingerprint density at radius 2 is 1.27 bits per heavy atom. The Morgan fingerprint density at radius 1 is 0.588 bits per heavy atom. The minimum atomic E-state index is -0.265. The Kier molecular flexibility index (Phi) is 5.89. The van der Waals surface area contributed by atoms with E-state index in [1.54, 1.807) is 0 Å². The van der Waals surface area contributed by atoms with Gasteiger partial charge in [0.05, 0.1) is 10.9 Å². The molecule has 0 spiro atoms. The molecule has 2 atom stereocenters. The Labute approximate surface area is 295 Å². The molecule has 0 aliphatic heterocycles. The summed E-state index contributed by atoms with van der Waals surface area (Å²) in [7, 11) is 0. The molecular weight excluding hydrogens is 619 g/mol. The molecule has 0 radical (unpaired) electrons. The fraction of sp³-hybridized carbons (Fsp3) is 0.0612. The molecule has 3 aliphatic rings. The van der Waals surface area contributed by atoms with Crippen LogP contribution >= 0.6 is 0 Å². The largest absolute Gasteiger partial charge is 0.456 e. The second-order valence-corrected chi connectivity index (χ2v) is 14.2. The molecule has 0 N–H and O–H groups in total. The van der Waals surface area contributed by atoms with Crippen molar-refractivity contribution in [2.75, 3.05) is 0 Å². The van der Waals surface area contributed by atoms with E-state index in [2.05, 4.69) is 181 Å². The minimum absolute atomic E-state index is 0.127. The average Bonchev–Trinajstić information content (AvgIpc) is 3.73. The van der Waals surface area contributed by atoms with Gasteiger partial charge < -0.3 is 8.98 Å². The summed E-state index contributed by atoms with van der Waals surface area (Å²) in [6.07, 6.45) is 11.8. The van der Waals surface area contributed by atoms with Crippen molar-refractivity contribution >= 4 is 49.6 Å². The van der Waals surface area contributed by atoms with E-state index in [0.717, 1.165) is 21.9 Å². The summed E-state index contributed by atoms with van der Waals surface area (Å²) in [6, 6.07) is 52.8. The molecule has 11 rings (SSSR count). The second-order valence-electron chi connectivity index (χ2n) is 14.2. The number of para-hydroxylation sites is 2. The Hall–Kier alpha value is -6.38. The summed E-state index contributed by atoms with van der Waals surface area (Å²) in [5.41, 5.74) is 14.3. The van der Waals surface area contributed by atoms with Crippen LogP contribution in [0.15, 0.2) is 180 Å². The quantitative estimate of drug-likeness (QED) is 0.186. The van der Waals surface area contributed by atoms with E-state index in [4.69, 9.17) is 4.42 Å². The van der Waals surface area contributed by atoms with Crippen LogP contribution < -0.4 is 10.6 Å². The first-order chi connectivity index (χ1) is 25.2. The van der Waals surface area contributed by atoms with Crippen molar-refractivity contribution in [1.82, 2.24) is 4.57 Å². The molecule has 2 aromatic heterocycles. The summed E-state index contributed by atoms with van der Waals surface area (Å²) >= 11 is 0. The number of allylic oxidation sites excluding steroid dienone is 5. The summed E-state index contributed by atoms with van der Waals surface area (Å²) in [5, 5.41) is 6.23. The highest BCUT2D eigenvalue weighted by Crippen LogP contribution is 2.53. The number of hydrogen-bond donors (Lipinski definition) is 0. The van der Waals surface area contributed by atoms with Gasteiger partial charge in [-0.15, -0.1) is 0 Å². The maximum absolute atomic E-state index is 6.24. The third-order valence-electron chi connectivity index (χ3n) is 11.5. The molecule has 0 saturated heterocycles. The lowest BCUT2D eigenvalue weighted by molar-refractivity contribution is 0.481. The van der Waals surface area contributed by atoms with E-state index in [1.165, 1.54) is 71.7 Å². The maximum atomic E-state index is 6.24. The number of nitrogens with zero attached hydrogens (tertiary/aromatic N) is 1. The normalized spacial score (nSPS) is 18.8. The van der Waals surface area contributed by atoms with Crippen LogP contribution in [0.25, 0.3) is 66.4 Å². The summed E-state index contributed by atoms with van der Waals surface area (Å²) in [5.74, 6) is 0.127. The van der Waals surface area contributed by atoms with E-state index in [0.29, 0.717) is 0 Å². The van der Waals surface area contributed by atoms with Crippen LogP contribution in [-0.2, 0) is 0 Å². The summed E-state index contributed by atoms with van der Waals surface area (Å²) in [4.78, 5) is 0. The molecule has 0 saturated carbocycles. The van der Waals surface area contributed by atoms with Crippen molar-refractivity contribution in [3.63, 3.8) is 0 Å². The average molecular weight is 652 g/mol. The molecule has 2 heteroatoms. The number of aromatic nitrogens is 1. The summed E-state index contributed by atoms with van der Waals surface area (Å²) in [6.45, 7) is 2.44. The van der Waals surface area contributed by atoms with Crippen molar-refractivity contribution in [2.24, 2.45) is 11.3 Å². The number of benzene rings is 6. The Balaban J connectivity index is 1.22. The smallest absolute Gasteiger partial charge is 0.135 e. The third-order valence-corrected chi connectivity index (χ3v) is 11.5. The van der Waals surface area contributed by atoms with Crippen molar-refractivity contribution in [2.45, 2.75) is 6.92 Å². The van der Waals surface area contributed by atoms with Gasteiger partial charge in [0.25, 0.3) is 0 Å². The van der Waals surface area contributed by atoms with Crippen LogP contribution in [0.1, 0.15) is 23.6 Å². The highest BCUT2D eigenvalue weighted by molar-refractivity contribution is 6.07. The molecule has 0 bridgehead atoms. The van der Waals surface area contributed by atoms with Crippen molar-refractivity contribution in [1.29, 1.82) is 0 Å². The van der Waals surface area contributed by atoms with Crippen LogP contribution in [0, 0.1) is 11.3 Å². The van der Waals surface area contributed by atoms with Gasteiger partial charge in [-0.3, -0.25) is 0 Å². The summed E-state index contributed by atoms with van der Waals surface area (Å²) < 4.78 is 8.75. The zero-order valence-electron chi connectivity index (χ0n) is 28.2. The van der Waals surface area contributed by atoms with E-state index in [-0.39, 0.29) is 11.3 Å². The van der Waals surface area contributed by atoms with Gasteiger partial charge in [0, 0.05) is 38.4 Å². The highest BCUT2D eigenvalue weighted by Gasteiger charge is 2.44. The second kappa shape index (κ2) is 10.6. The topological polar surface area (TPSA) is 18.1 Å². The molecule has 240 valence electrons. The lowest BCUT2D eigenvalue weighted by Crippen LogP contribution is -2.47. The van der Waals surface area contributed by atoms with Gasteiger partial charge in [0.2, 0.25) is 0 Å². The molecule has 3 aliphatic carbocycles. The van der Waals surface area contributed by atoms with E-state index < -0.39 is 0 Å². The first-order valence-corrected chi connectivity index (χ1v) is 17.8. The van der Waals surface area contributed by atoms with Crippen molar-refractivity contribution < 1.29 is 4.42 Å². The van der Waals surface area contributed by atoms with Gasteiger partial charge in [0.1, 0.15) is 11.2 Å². The SMILES string of the molecule is CC12C=CC=CC1=c1c(c3ccccc3n1-c1ccc(-c3ccccc3)cc1)=C1c3ccccc3C(c3ccc4oc5ccccc5c4c3)=CC12. The van der Waals surface area contributed by atoms with Crippen LogP contribution in [0.4, 0.5) is 0 Å². The molecule has 0 amide bonds. The Morgan fingerprint density at radius 3 is 2.14 bits per heavy atom. The zero-order valence-corrected chi connectivity index (χ0v) is 28.2. The van der Waals surface area contributed by atoms with Crippen molar-refractivity contribution in [3.05, 3.63) is 203 Å². The monoisotopic (exact) mass is 651 g/mol. The van der Waals surface area contributed by atoms with Gasteiger partial charge in [-0.2, -0.15) is 0 Å². The third kappa shape index (κ3) is 3.99. The Bertz CT molecular complexity index is 2970. The zero-order chi connectivity index (χ0) is 33.7. The standard InChI is InChI=1S/C49H33NO/c1-49-28-12-11-19-41(49)48-47(38-18-7-9-20-43(38)50(48)34-25-22-32(23-26-34)31-13-3-2-4-14-31)46-37-17-6-5-15-35(37)39(30-42(46)49)33-24-27-45-40(29-33)36-16-8-10-21-44(36)51-45/h2-30,42H,1H3. The molecule has 8 aromatic rings. The van der Waals surface area contributed by atoms with Gasteiger partial charge in [-0.05, 0) is 80.9 Å². The van der Waals surface area contributed by atoms with E-state index in [9.17, 15) is 0 Å². The van der Waals surface area contributed by atoms with E-state index in [1.807, 2.05) is 6.07 Å². The van der Waals surface area contributed by atoms with Gasteiger partial charge in [-0.25, -0.2) is 0 Å². The van der Waals surface area contributed by atoms with Gasteiger partial charge in [0.15, 0.2) is 0 Å². The molecule has 6 aromatic carbocycles. The number of hydrogen-bond acceptors (Lipinski definition) is 1. The molecule has 2 nitrogen and oxygen atoms in total. The lowest BCUT2D eigenvalue weighted by atomic mass is 9.60. The molecule has 0 fully saturated rings. The van der Waals surface area contributed by atoms with Gasteiger partial charge >= 0.3 is 0 Å². The number of fused-ring (bicyclic) bond motifs is 11. The molecule has 51 heavy (non-hydrogen) atoms. The fourth-order valence-electron chi connectivity index (χ4n) is 9.12. The first kappa shape index (κ1) is 28.5. The first-order valence-electron chi connectivity index (χ1n) is 17.8. The fourth-order valence-corrected chi connectivity index (χ4v) is 9.12. The highest BCUT2D eigenvalue weighted by atomic mass is 16.3. The molecule has 2 unspecified atom stereocenters. The predicted octanol–water partition coefficient (Wildman–Crippen LogP) is 10.8. The van der Waals surface area contributed by atoms with Crippen LogP contribution in [0.2, 0.25) is 0 Å². The molecule has 2 heterocycles. The van der Waals surface area contributed by atoms with E-state index >= 15 is 0 Å². The number of rotatable bonds is 3. The number of furan rings is 1. The van der Waals surface area contributed by atoms with Crippen LogP contribution in [0.5, 0.6) is 0 Å². The maximum Gasteiger partial charge on any atom is 0.135 e. The lowest BCUT2D eigenvalue weighted by Gasteiger charge is -2.43. The van der Waals surface area contributed by atoms with Gasteiger partial charge in [-0.1, -0.05) is 146 Å². The minimum Gasteiger partial charge on any atom is -0.456 e. The van der Waals surface area contributed by atoms with Crippen molar-refractivity contribution in [3.8, 4) is 16.8 Å². The molecular formula is C49H33NO. The van der Waals surface area contributed by atoms with Crippen LogP contribution in [0.3, 0.4) is 0 Å². The van der Waals surface area contributed by atoms with Crippen LogP contribution in [-0.4, -0.2) is 4.57 Å².